The number of anilines is 2. The van der Waals surface area contributed by atoms with E-state index >= 15 is 0 Å². The Balaban J connectivity index is 2.23. The highest BCUT2D eigenvalue weighted by atomic mass is 35.5. The minimum absolute atomic E-state index is 0.0576. The number of halogens is 2. The smallest absolute Gasteiger partial charge is 0.255 e. The standard InChI is InChI=1S/C13H12Cl2N4O2/c1-2-21-9-4-3-7(5-8(9)16)13(20)19-10-11(14)17-6-18-12(10)15/h3-6H,2,16H2,1H3,(H,19,20). The molecule has 0 aliphatic rings. The van der Waals surface area contributed by atoms with Crippen LogP contribution >= 0.6 is 23.2 Å². The molecule has 1 aromatic heterocycles. The number of aromatic nitrogens is 2. The normalized spacial score (nSPS) is 10.2. The summed E-state index contributed by atoms with van der Waals surface area (Å²) in [6.45, 7) is 2.34. The molecule has 1 aromatic carbocycles. The van der Waals surface area contributed by atoms with E-state index in [2.05, 4.69) is 15.3 Å². The maximum atomic E-state index is 12.2. The summed E-state index contributed by atoms with van der Waals surface area (Å²) in [7, 11) is 0. The molecule has 0 aliphatic heterocycles. The molecule has 0 saturated heterocycles. The molecule has 0 spiro atoms. The number of hydrogen-bond donors (Lipinski definition) is 2. The molecule has 110 valence electrons. The van der Waals surface area contributed by atoms with Gasteiger partial charge in [0.2, 0.25) is 0 Å². The average Bonchev–Trinajstić information content (AvgIpc) is 2.45. The number of amides is 1. The third-order valence-corrected chi connectivity index (χ3v) is 3.14. The van der Waals surface area contributed by atoms with Gasteiger partial charge in [-0.3, -0.25) is 4.79 Å². The van der Waals surface area contributed by atoms with Crippen LogP contribution in [0.3, 0.4) is 0 Å². The van der Waals surface area contributed by atoms with Gasteiger partial charge in [0.05, 0.1) is 12.3 Å². The van der Waals surface area contributed by atoms with Gasteiger partial charge in [0, 0.05) is 5.56 Å². The number of ether oxygens (including phenoxy) is 1. The summed E-state index contributed by atoms with van der Waals surface area (Å²) in [5.74, 6) is 0.0940. The molecule has 2 aromatic rings. The van der Waals surface area contributed by atoms with Crippen LogP contribution in [-0.2, 0) is 0 Å². The Hall–Kier alpha value is -2.05. The summed E-state index contributed by atoms with van der Waals surface area (Å²) < 4.78 is 5.31. The van der Waals surface area contributed by atoms with Crippen molar-refractivity contribution in [2.75, 3.05) is 17.7 Å². The summed E-state index contributed by atoms with van der Waals surface area (Å²) >= 11 is 11.7. The molecule has 6 nitrogen and oxygen atoms in total. The molecule has 0 fully saturated rings. The van der Waals surface area contributed by atoms with Gasteiger partial charge in [-0.1, -0.05) is 23.2 Å². The van der Waals surface area contributed by atoms with E-state index in [0.29, 0.717) is 23.6 Å². The largest absolute Gasteiger partial charge is 0.492 e. The Morgan fingerprint density at radius 1 is 1.33 bits per heavy atom. The molecule has 1 heterocycles. The van der Waals surface area contributed by atoms with Crippen molar-refractivity contribution in [3.05, 3.63) is 40.4 Å². The van der Waals surface area contributed by atoms with Gasteiger partial charge < -0.3 is 15.8 Å². The van der Waals surface area contributed by atoms with E-state index in [-0.39, 0.29) is 16.0 Å². The molecule has 0 bridgehead atoms. The average molecular weight is 327 g/mol. The fourth-order valence-electron chi connectivity index (χ4n) is 1.61. The van der Waals surface area contributed by atoms with Gasteiger partial charge in [-0.2, -0.15) is 0 Å². The van der Waals surface area contributed by atoms with Crippen molar-refractivity contribution in [1.29, 1.82) is 0 Å². The maximum Gasteiger partial charge on any atom is 0.255 e. The zero-order valence-corrected chi connectivity index (χ0v) is 12.6. The Morgan fingerprint density at radius 3 is 2.57 bits per heavy atom. The van der Waals surface area contributed by atoms with E-state index in [1.165, 1.54) is 12.4 Å². The van der Waals surface area contributed by atoms with Crippen molar-refractivity contribution in [1.82, 2.24) is 9.97 Å². The van der Waals surface area contributed by atoms with Crippen molar-refractivity contribution in [2.24, 2.45) is 0 Å². The zero-order chi connectivity index (χ0) is 15.4. The first-order chi connectivity index (χ1) is 10.0. The van der Waals surface area contributed by atoms with Crippen molar-refractivity contribution in [3.8, 4) is 5.75 Å². The summed E-state index contributed by atoms with van der Waals surface area (Å²) in [5.41, 5.74) is 6.67. The molecule has 8 heteroatoms. The second kappa shape index (κ2) is 6.60. The van der Waals surface area contributed by atoms with Gasteiger partial charge in [0.15, 0.2) is 10.3 Å². The number of carbonyl (C=O) groups is 1. The Kier molecular flexibility index (Phi) is 4.82. The van der Waals surface area contributed by atoms with Gasteiger partial charge in [0.25, 0.3) is 5.91 Å². The molecule has 2 rings (SSSR count). The van der Waals surface area contributed by atoms with Gasteiger partial charge >= 0.3 is 0 Å². The van der Waals surface area contributed by atoms with Crippen LogP contribution in [0.25, 0.3) is 0 Å². The number of rotatable bonds is 4. The van der Waals surface area contributed by atoms with Crippen LogP contribution in [0.4, 0.5) is 11.4 Å². The summed E-state index contributed by atoms with van der Waals surface area (Å²) in [4.78, 5) is 19.7. The van der Waals surface area contributed by atoms with E-state index in [9.17, 15) is 4.79 Å². The van der Waals surface area contributed by atoms with Crippen molar-refractivity contribution < 1.29 is 9.53 Å². The first-order valence-electron chi connectivity index (χ1n) is 6.02. The topological polar surface area (TPSA) is 90.1 Å². The van der Waals surface area contributed by atoms with Gasteiger partial charge in [-0.25, -0.2) is 9.97 Å². The van der Waals surface area contributed by atoms with Gasteiger partial charge in [-0.15, -0.1) is 0 Å². The van der Waals surface area contributed by atoms with Gasteiger partial charge in [0.1, 0.15) is 17.8 Å². The van der Waals surface area contributed by atoms with Crippen molar-refractivity contribution >= 4 is 40.5 Å². The second-order valence-electron chi connectivity index (χ2n) is 3.97. The lowest BCUT2D eigenvalue weighted by molar-refractivity contribution is 0.102. The van der Waals surface area contributed by atoms with E-state index in [1.54, 1.807) is 12.1 Å². The first kappa shape index (κ1) is 15.3. The van der Waals surface area contributed by atoms with Crippen LogP contribution in [0.5, 0.6) is 5.75 Å². The SMILES string of the molecule is CCOc1ccc(C(=O)Nc2c(Cl)ncnc2Cl)cc1N. The lowest BCUT2D eigenvalue weighted by Crippen LogP contribution is -2.14. The Bertz CT molecular complexity index is 659. The summed E-state index contributed by atoms with van der Waals surface area (Å²) in [5, 5.41) is 2.66. The van der Waals surface area contributed by atoms with E-state index < -0.39 is 5.91 Å². The number of nitrogens with zero attached hydrogens (tertiary/aromatic N) is 2. The van der Waals surface area contributed by atoms with E-state index in [0.717, 1.165) is 0 Å². The van der Waals surface area contributed by atoms with Crippen LogP contribution in [0.2, 0.25) is 10.3 Å². The van der Waals surface area contributed by atoms with Crippen LogP contribution in [0.1, 0.15) is 17.3 Å². The third-order valence-electron chi connectivity index (χ3n) is 2.57. The zero-order valence-electron chi connectivity index (χ0n) is 11.1. The van der Waals surface area contributed by atoms with Crippen LogP contribution in [-0.4, -0.2) is 22.5 Å². The Labute approximate surface area is 131 Å². The molecular formula is C13H12Cl2N4O2. The van der Waals surface area contributed by atoms with Crippen LogP contribution in [0.15, 0.2) is 24.5 Å². The number of hydrogen-bond acceptors (Lipinski definition) is 5. The maximum absolute atomic E-state index is 12.2. The summed E-state index contributed by atoms with van der Waals surface area (Å²) in [6.07, 6.45) is 1.20. The fraction of sp³-hybridized carbons (Fsp3) is 0.154. The number of nitrogens with one attached hydrogen (secondary N) is 1. The van der Waals surface area contributed by atoms with Crippen molar-refractivity contribution in [2.45, 2.75) is 6.92 Å². The molecule has 0 atom stereocenters. The van der Waals surface area contributed by atoms with Crippen LogP contribution < -0.4 is 15.8 Å². The Morgan fingerprint density at radius 2 is 2.00 bits per heavy atom. The fourth-order valence-corrected chi connectivity index (χ4v) is 2.02. The molecule has 0 aliphatic carbocycles. The van der Waals surface area contributed by atoms with Crippen molar-refractivity contribution in [3.63, 3.8) is 0 Å². The molecule has 0 unspecified atom stereocenters. The molecule has 1 amide bonds. The molecule has 21 heavy (non-hydrogen) atoms. The van der Waals surface area contributed by atoms with E-state index in [1.807, 2.05) is 6.92 Å². The highest BCUT2D eigenvalue weighted by Crippen LogP contribution is 2.27. The third kappa shape index (κ3) is 3.53. The number of nitrogen functional groups attached to an aromatic ring is 1. The predicted octanol–water partition coefficient (Wildman–Crippen LogP) is 3.02. The van der Waals surface area contributed by atoms with Gasteiger partial charge in [-0.05, 0) is 25.1 Å². The number of benzene rings is 1. The first-order valence-corrected chi connectivity index (χ1v) is 6.78. The predicted molar refractivity (Wildman–Crippen MR) is 82.0 cm³/mol. The molecule has 0 saturated carbocycles. The lowest BCUT2D eigenvalue weighted by Gasteiger charge is -2.10. The second-order valence-corrected chi connectivity index (χ2v) is 4.69. The minimum Gasteiger partial charge on any atom is -0.492 e. The lowest BCUT2D eigenvalue weighted by atomic mass is 10.1. The van der Waals surface area contributed by atoms with E-state index in [4.69, 9.17) is 33.7 Å². The minimum atomic E-state index is -0.427. The monoisotopic (exact) mass is 326 g/mol. The quantitative estimate of drug-likeness (QED) is 0.665. The number of nitrogens with two attached hydrogens (primary N) is 1. The molecule has 3 N–H and O–H groups in total. The summed E-state index contributed by atoms with van der Waals surface area (Å²) in [6, 6.07) is 4.71. The highest BCUT2D eigenvalue weighted by molar-refractivity contribution is 6.38. The number of carbonyl (C=O) groups excluding carboxylic acids is 1. The van der Waals surface area contributed by atoms with Crippen LogP contribution in [0, 0.1) is 0 Å². The molecular weight excluding hydrogens is 315 g/mol. The molecule has 0 radical (unpaired) electrons. The highest BCUT2D eigenvalue weighted by Gasteiger charge is 2.14.